The summed E-state index contributed by atoms with van der Waals surface area (Å²) < 4.78 is 46.6. The van der Waals surface area contributed by atoms with E-state index < -0.39 is 35.1 Å². The molecule has 4 aliphatic heterocycles. The summed E-state index contributed by atoms with van der Waals surface area (Å²) in [4.78, 5) is 44.0. The molecule has 5 aliphatic rings. The monoisotopic (exact) mass is 1020 g/mol. The van der Waals surface area contributed by atoms with Gasteiger partial charge in [-0.3, -0.25) is 24.5 Å². The number of aliphatic hydroxyl groups is 1. The van der Waals surface area contributed by atoms with Crippen LogP contribution in [-0.2, 0) is 17.4 Å². The van der Waals surface area contributed by atoms with Gasteiger partial charge in [-0.15, -0.1) is 0 Å². The van der Waals surface area contributed by atoms with E-state index in [0.29, 0.717) is 36.3 Å². The Morgan fingerprint density at radius 3 is 2.38 bits per heavy atom. The maximum absolute atomic E-state index is 16.5. The van der Waals surface area contributed by atoms with Gasteiger partial charge in [0, 0.05) is 79.8 Å². The quantitative estimate of drug-likeness (QED) is 0.0798. The first-order valence-electron chi connectivity index (χ1n) is 26.0. The molecule has 4 fully saturated rings. The zero-order chi connectivity index (χ0) is 51.2. The number of amides is 4. The van der Waals surface area contributed by atoms with Crippen molar-refractivity contribution in [3.05, 3.63) is 106 Å². The number of rotatable bonds is 15. The minimum atomic E-state index is -1.04. The first-order chi connectivity index (χ1) is 35.1. The third kappa shape index (κ3) is 10.0. The molecule has 4 aromatic carbocycles. The number of likely N-dealkylation sites (tertiary alicyclic amines) is 2. The summed E-state index contributed by atoms with van der Waals surface area (Å²) in [5.41, 5.74) is 8.11. The van der Waals surface area contributed by atoms with Crippen LogP contribution in [-0.4, -0.2) is 114 Å². The number of anilines is 1. The number of aryl methyl sites for hydroxylation is 1. The summed E-state index contributed by atoms with van der Waals surface area (Å²) in [6, 6.07) is 19.9. The molecule has 1 aliphatic carbocycles. The number of hydrogen-bond donors (Lipinski definition) is 4. The average Bonchev–Trinajstić information content (AvgIpc) is 3.86. The first kappa shape index (κ1) is 50.9. The number of ether oxygens (including phenoxy) is 2. The summed E-state index contributed by atoms with van der Waals surface area (Å²) in [6.45, 7) is 11.2. The molecule has 0 bridgehead atoms. The van der Waals surface area contributed by atoms with Gasteiger partial charge in [0.15, 0.2) is 23.0 Å². The van der Waals surface area contributed by atoms with Gasteiger partial charge >= 0.3 is 6.03 Å². The van der Waals surface area contributed by atoms with Gasteiger partial charge in [0.05, 0.1) is 22.7 Å². The fourth-order valence-electron chi connectivity index (χ4n) is 12.6. The lowest BCUT2D eigenvalue weighted by Crippen LogP contribution is -2.50. The number of aliphatic hydroxyl groups excluding tert-OH is 1. The first-order valence-corrected chi connectivity index (χ1v) is 26.4. The molecule has 1 aromatic heterocycles. The molecule has 388 valence electrons. The Hall–Kier alpha value is -5.65. The summed E-state index contributed by atoms with van der Waals surface area (Å²) in [7, 11) is 1.91. The summed E-state index contributed by atoms with van der Waals surface area (Å²) in [6.07, 6.45) is 9.05. The third-order valence-electron chi connectivity index (χ3n) is 16.8. The number of urea groups is 1. The van der Waals surface area contributed by atoms with E-state index in [2.05, 4.69) is 50.7 Å². The van der Waals surface area contributed by atoms with E-state index in [4.69, 9.17) is 26.8 Å². The minimum Gasteiger partial charge on any atom is -0.488 e. The molecule has 0 radical (unpaired) electrons. The Kier molecular flexibility index (Phi) is 14.6. The number of benzene rings is 4. The smallest absolute Gasteiger partial charge is 0.329 e. The number of piperidine rings is 2. The van der Waals surface area contributed by atoms with E-state index in [1.807, 2.05) is 49.0 Å². The number of carbonyl (C=O) groups excluding carboxylic acids is 3. The number of imide groups is 1. The van der Waals surface area contributed by atoms with Gasteiger partial charge in [-0.1, -0.05) is 61.8 Å². The van der Waals surface area contributed by atoms with E-state index in [1.54, 1.807) is 4.90 Å². The van der Waals surface area contributed by atoms with E-state index in [9.17, 15) is 19.5 Å². The van der Waals surface area contributed by atoms with Gasteiger partial charge in [-0.05, 0) is 130 Å². The molecule has 4 amide bonds. The van der Waals surface area contributed by atoms with Crippen molar-refractivity contribution >= 4 is 46.2 Å². The van der Waals surface area contributed by atoms with Gasteiger partial charge in [0.25, 0.3) is 0 Å². The Morgan fingerprint density at radius 2 is 1.68 bits per heavy atom. The fraction of sp³-hybridized carbons (Fsp3) is 0.500. The van der Waals surface area contributed by atoms with Crippen LogP contribution in [0.5, 0.6) is 11.5 Å². The Bertz CT molecular complexity index is 2880. The molecule has 1 saturated carbocycles. The van der Waals surface area contributed by atoms with Crippen LogP contribution >= 0.6 is 11.6 Å². The van der Waals surface area contributed by atoms with E-state index >= 15 is 8.78 Å². The average molecular weight is 1020 g/mol. The predicted octanol–water partition coefficient (Wildman–Crippen LogP) is 8.61. The number of aromatic nitrogens is 2. The van der Waals surface area contributed by atoms with Crippen molar-refractivity contribution in [1.29, 1.82) is 0 Å². The number of nitrogens with zero attached hydrogens (tertiary/aromatic N) is 5. The highest BCUT2D eigenvalue weighted by Gasteiger charge is 2.50. The van der Waals surface area contributed by atoms with Crippen molar-refractivity contribution in [2.24, 2.45) is 24.1 Å². The van der Waals surface area contributed by atoms with Crippen molar-refractivity contribution in [1.82, 2.24) is 30.2 Å². The van der Waals surface area contributed by atoms with E-state index in [1.165, 1.54) is 36.6 Å². The van der Waals surface area contributed by atoms with Gasteiger partial charge in [0.1, 0.15) is 18.2 Å². The van der Waals surface area contributed by atoms with Gasteiger partial charge < -0.3 is 35.4 Å². The Labute approximate surface area is 430 Å². The minimum absolute atomic E-state index is 0.0125. The van der Waals surface area contributed by atoms with Crippen molar-refractivity contribution in [2.75, 3.05) is 70.5 Å². The topological polar surface area (TPSA) is 168 Å². The normalized spacial score (nSPS) is 24.5. The van der Waals surface area contributed by atoms with Crippen LogP contribution < -0.4 is 30.7 Å². The zero-order valence-electron chi connectivity index (χ0n) is 42.0. The highest BCUT2D eigenvalue weighted by atomic mass is 35.5. The molecule has 73 heavy (non-hydrogen) atoms. The van der Waals surface area contributed by atoms with Crippen LogP contribution in [0.25, 0.3) is 22.0 Å². The summed E-state index contributed by atoms with van der Waals surface area (Å²) >= 11 is 6.76. The highest BCUT2D eigenvalue weighted by Crippen LogP contribution is 2.57. The second kappa shape index (κ2) is 20.9. The predicted molar refractivity (Wildman–Crippen MR) is 277 cm³/mol. The maximum Gasteiger partial charge on any atom is 0.329 e. The Balaban J connectivity index is 0.731. The largest absolute Gasteiger partial charge is 0.488 e. The number of carbonyl (C=O) groups is 3. The van der Waals surface area contributed by atoms with Crippen LogP contribution in [0.15, 0.2) is 66.7 Å². The third-order valence-corrected chi connectivity index (χ3v) is 17.1. The second-order valence-corrected chi connectivity index (χ2v) is 21.9. The van der Waals surface area contributed by atoms with Crippen LogP contribution in [0.2, 0.25) is 5.02 Å². The highest BCUT2D eigenvalue weighted by molar-refractivity contribution is 6.34. The number of fused-ring (bicyclic) bond motifs is 2. The number of halogens is 3. The van der Waals surface area contributed by atoms with Crippen molar-refractivity contribution in [2.45, 2.75) is 95.1 Å². The lowest BCUT2D eigenvalue weighted by atomic mass is 9.72. The van der Waals surface area contributed by atoms with E-state index in [-0.39, 0.29) is 70.2 Å². The van der Waals surface area contributed by atoms with E-state index in [0.717, 1.165) is 94.3 Å². The van der Waals surface area contributed by atoms with Gasteiger partial charge in [-0.25, -0.2) is 13.6 Å². The van der Waals surface area contributed by atoms with Crippen LogP contribution in [0.1, 0.15) is 111 Å². The van der Waals surface area contributed by atoms with Crippen LogP contribution in [0.3, 0.4) is 0 Å². The van der Waals surface area contributed by atoms with Crippen molar-refractivity contribution in [3.63, 3.8) is 0 Å². The summed E-state index contributed by atoms with van der Waals surface area (Å²) in [5.74, 6) is -1.69. The lowest BCUT2D eigenvalue weighted by Gasteiger charge is -2.44. The summed E-state index contributed by atoms with van der Waals surface area (Å²) in [5, 5.41) is 20.9. The molecular weight excluding hydrogens is 954 g/mol. The molecule has 10 rings (SSSR count). The standard InChI is InChI=1S/C56H67ClF2N8O6/c1-34-47-45(30-42(58)50(57)49(47)48-41(52(60)70)11-12-44(51(48)59)72-28-27-68)73-56(34,38-7-5-4-6-8-38)32-61-39-13-20-55(2,21-14-39)33-66-22-15-35(16-23-66)31-65-24-17-36(18-25-65)37-9-10-40-43(29-37)64(3)63-53(40)67-26-19-46(69)62-54(67)71/h4-12,29-30,34-36,39,61,68H,13-28,31-33H2,1-3H3,(H2,60,70)(H,62,69,71). The van der Waals surface area contributed by atoms with Crippen LogP contribution in [0, 0.1) is 23.0 Å². The molecule has 2 unspecified atom stereocenters. The molecule has 17 heteroatoms. The SMILES string of the molecule is CC1c2c(cc(F)c(Cl)c2-c2c(C(N)=O)ccc(OCCO)c2F)OC1(CNC1CCC(C)(CN2CCC(CN3CCC(c4ccc5c(N6CCC(=O)NC6=O)nn(C)c5c4)CC3)CC2)CC1)c1ccccc1. The lowest BCUT2D eigenvalue weighted by molar-refractivity contribution is -0.120. The van der Waals surface area contributed by atoms with Crippen LogP contribution in [0.4, 0.5) is 19.4 Å². The molecule has 14 nitrogen and oxygen atoms in total. The van der Waals surface area contributed by atoms with Gasteiger partial charge in [-0.2, -0.15) is 5.10 Å². The van der Waals surface area contributed by atoms with Gasteiger partial charge in [0.2, 0.25) is 11.8 Å². The molecule has 0 spiro atoms. The number of hydrogen-bond acceptors (Lipinski definition) is 10. The fourth-order valence-corrected chi connectivity index (χ4v) is 12.9. The maximum atomic E-state index is 16.5. The number of primary amides is 1. The zero-order valence-corrected chi connectivity index (χ0v) is 42.8. The Morgan fingerprint density at radius 1 is 0.959 bits per heavy atom. The molecule has 3 saturated heterocycles. The number of nitrogens with one attached hydrogen (secondary N) is 2. The second-order valence-electron chi connectivity index (χ2n) is 21.5. The number of nitrogens with two attached hydrogens (primary N) is 1. The van der Waals surface area contributed by atoms with Crippen molar-refractivity contribution in [3.8, 4) is 22.6 Å². The van der Waals surface area contributed by atoms with Crippen molar-refractivity contribution < 1.29 is 37.7 Å². The molecular formula is C56H67ClF2N8O6. The molecule has 5 aromatic rings. The molecule has 5 N–H and O–H groups in total. The molecule has 2 atom stereocenters. The molecule has 5 heterocycles.